The predicted molar refractivity (Wildman–Crippen MR) is 64.4 cm³/mol. The van der Waals surface area contributed by atoms with Gasteiger partial charge in [-0.15, -0.1) is 0 Å². The summed E-state index contributed by atoms with van der Waals surface area (Å²) in [4.78, 5) is 11.1. The van der Waals surface area contributed by atoms with Gasteiger partial charge < -0.3 is 10.6 Å². The first-order valence-corrected chi connectivity index (χ1v) is 6.07. The highest BCUT2D eigenvalue weighted by Crippen LogP contribution is 2.34. The average Bonchev–Trinajstić information content (AvgIpc) is 2.73. The number of halogens is 3. The van der Waals surface area contributed by atoms with Gasteiger partial charge in [-0.1, -0.05) is 18.2 Å². The van der Waals surface area contributed by atoms with Crippen molar-refractivity contribution in [3.8, 4) is 0 Å². The van der Waals surface area contributed by atoms with Crippen molar-refractivity contribution < 1.29 is 18.0 Å². The van der Waals surface area contributed by atoms with Crippen LogP contribution >= 0.6 is 0 Å². The Labute approximate surface area is 109 Å². The fraction of sp³-hybridized carbons (Fsp3) is 0.462. The van der Waals surface area contributed by atoms with Crippen LogP contribution in [0.1, 0.15) is 30.5 Å². The SMILES string of the molecule is CC(NC1CNC(=O)C1)c1ccccc1C(F)(F)F. The monoisotopic (exact) mass is 272 g/mol. The molecular formula is C13H15F3N2O. The zero-order chi connectivity index (χ0) is 14.0. The molecule has 0 radical (unpaired) electrons. The Morgan fingerprint density at radius 1 is 1.37 bits per heavy atom. The van der Waals surface area contributed by atoms with Crippen molar-refractivity contribution in [3.05, 3.63) is 35.4 Å². The largest absolute Gasteiger partial charge is 0.416 e. The van der Waals surface area contributed by atoms with Crippen molar-refractivity contribution in [2.45, 2.75) is 31.6 Å². The molecule has 0 aromatic heterocycles. The molecule has 1 aromatic rings. The number of carbonyl (C=O) groups is 1. The molecule has 2 unspecified atom stereocenters. The molecule has 0 aliphatic carbocycles. The van der Waals surface area contributed by atoms with E-state index < -0.39 is 17.8 Å². The second-order valence-electron chi connectivity index (χ2n) is 4.68. The summed E-state index contributed by atoms with van der Waals surface area (Å²) in [7, 11) is 0. The summed E-state index contributed by atoms with van der Waals surface area (Å²) in [5.41, 5.74) is -0.429. The molecule has 1 fully saturated rings. The summed E-state index contributed by atoms with van der Waals surface area (Å²) in [6.07, 6.45) is -4.06. The van der Waals surface area contributed by atoms with Crippen LogP contribution in [-0.2, 0) is 11.0 Å². The van der Waals surface area contributed by atoms with Crippen molar-refractivity contribution in [2.24, 2.45) is 0 Å². The minimum Gasteiger partial charge on any atom is -0.354 e. The minimum atomic E-state index is -4.36. The summed E-state index contributed by atoms with van der Waals surface area (Å²) in [6.45, 7) is 2.13. The van der Waals surface area contributed by atoms with E-state index in [9.17, 15) is 18.0 Å². The van der Waals surface area contributed by atoms with Crippen molar-refractivity contribution in [1.82, 2.24) is 10.6 Å². The molecule has 0 bridgehead atoms. The van der Waals surface area contributed by atoms with Gasteiger partial charge in [0.15, 0.2) is 0 Å². The zero-order valence-electron chi connectivity index (χ0n) is 10.4. The Kier molecular flexibility index (Phi) is 3.80. The van der Waals surface area contributed by atoms with Gasteiger partial charge in [0.25, 0.3) is 0 Å². The second kappa shape index (κ2) is 5.21. The number of hydrogen-bond donors (Lipinski definition) is 2. The molecule has 2 rings (SSSR count). The zero-order valence-corrected chi connectivity index (χ0v) is 10.4. The van der Waals surface area contributed by atoms with E-state index in [4.69, 9.17) is 0 Å². The summed E-state index contributed by atoms with van der Waals surface area (Å²) in [6, 6.07) is 4.91. The van der Waals surface area contributed by atoms with Gasteiger partial charge in [-0.05, 0) is 18.6 Å². The van der Waals surface area contributed by atoms with Crippen LogP contribution in [0.2, 0.25) is 0 Å². The van der Waals surface area contributed by atoms with Crippen LogP contribution in [-0.4, -0.2) is 18.5 Å². The van der Waals surface area contributed by atoms with E-state index in [-0.39, 0.29) is 17.5 Å². The van der Waals surface area contributed by atoms with Gasteiger partial charge in [-0.3, -0.25) is 4.79 Å². The summed E-state index contributed by atoms with van der Waals surface area (Å²) < 4.78 is 38.7. The molecule has 104 valence electrons. The number of hydrogen-bond acceptors (Lipinski definition) is 2. The predicted octanol–water partition coefficient (Wildman–Crippen LogP) is 2.24. The fourth-order valence-electron chi connectivity index (χ4n) is 2.30. The number of carbonyl (C=O) groups excluding carboxylic acids is 1. The lowest BCUT2D eigenvalue weighted by molar-refractivity contribution is -0.138. The van der Waals surface area contributed by atoms with Crippen LogP contribution in [0.5, 0.6) is 0 Å². The van der Waals surface area contributed by atoms with Crippen molar-refractivity contribution in [1.29, 1.82) is 0 Å². The van der Waals surface area contributed by atoms with E-state index in [2.05, 4.69) is 10.6 Å². The topological polar surface area (TPSA) is 41.1 Å². The van der Waals surface area contributed by atoms with Crippen molar-refractivity contribution >= 4 is 5.91 Å². The molecule has 6 heteroatoms. The normalized spacial score (nSPS) is 21.3. The first-order valence-electron chi connectivity index (χ1n) is 6.07. The minimum absolute atomic E-state index is 0.0752. The Morgan fingerprint density at radius 3 is 2.63 bits per heavy atom. The second-order valence-corrected chi connectivity index (χ2v) is 4.68. The Morgan fingerprint density at radius 2 is 2.05 bits per heavy atom. The van der Waals surface area contributed by atoms with Crippen LogP contribution in [0.25, 0.3) is 0 Å². The third-order valence-corrected chi connectivity index (χ3v) is 3.20. The maximum absolute atomic E-state index is 12.9. The number of nitrogens with one attached hydrogen (secondary N) is 2. The van der Waals surface area contributed by atoms with Crippen LogP contribution in [0.3, 0.4) is 0 Å². The Balaban J connectivity index is 2.15. The molecule has 2 atom stereocenters. The van der Waals surface area contributed by atoms with E-state index in [1.165, 1.54) is 12.1 Å². The number of benzene rings is 1. The lowest BCUT2D eigenvalue weighted by Gasteiger charge is -2.22. The highest BCUT2D eigenvalue weighted by Gasteiger charge is 2.34. The number of amides is 1. The molecule has 2 N–H and O–H groups in total. The van der Waals surface area contributed by atoms with Gasteiger partial charge in [0.05, 0.1) is 5.56 Å². The van der Waals surface area contributed by atoms with Gasteiger partial charge in [0.1, 0.15) is 0 Å². The molecule has 1 aliphatic heterocycles. The van der Waals surface area contributed by atoms with Crippen molar-refractivity contribution in [2.75, 3.05) is 6.54 Å². The maximum Gasteiger partial charge on any atom is 0.416 e. The quantitative estimate of drug-likeness (QED) is 0.886. The number of rotatable bonds is 3. The van der Waals surface area contributed by atoms with Crippen LogP contribution in [0, 0.1) is 0 Å². The van der Waals surface area contributed by atoms with Crippen LogP contribution < -0.4 is 10.6 Å². The lowest BCUT2D eigenvalue weighted by Crippen LogP contribution is -2.34. The smallest absolute Gasteiger partial charge is 0.354 e. The first kappa shape index (κ1) is 13.9. The average molecular weight is 272 g/mol. The van der Waals surface area contributed by atoms with Crippen LogP contribution in [0.15, 0.2) is 24.3 Å². The fourth-order valence-corrected chi connectivity index (χ4v) is 2.30. The van der Waals surface area contributed by atoms with Gasteiger partial charge in [-0.2, -0.15) is 13.2 Å². The highest BCUT2D eigenvalue weighted by molar-refractivity contribution is 5.78. The Hall–Kier alpha value is -1.56. The van der Waals surface area contributed by atoms with Gasteiger partial charge in [0, 0.05) is 25.0 Å². The molecular weight excluding hydrogens is 257 g/mol. The van der Waals surface area contributed by atoms with Gasteiger partial charge >= 0.3 is 6.18 Å². The maximum atomic E-state index is 12.9. The van der Waals surface area contributed by atoms with E-state index in [1.807, 2.05) is 0 Å². The first-order chi connectivity index (χ1) is 8.88. The standard InChI is InChI=1S/C13H15F3N2O/c1-8(18-9-6-12(19)17-7-9)10-4-2-3-5-11(10)13(14,15)16/h2-5,8-9,18H,6-7H2,1H3,(H,17,19). The molecule has 1 saturated heterocycles. The molecule has 1 aromatic carbocycles. The van der Waals surface area contributed by atoms with Gasteiger partial charge in [-0.25, -0.2) is 0 Å². The molecule has 0 saturated carbocycles. The molecule has 1 amide bonds. The van der Waals surface area contributed by atoms with E-state index in [1.54, 1.807) is 13.0 Å². The Bertz CT molecular complexity index is 473. The van der Waals surface area contributed by atoms with E-state index in [0.29, 0.717) is 13.0 Å². The number of alkyl halides is 3. The molecule has 1 aliphatic rings. The van der Waals surface area contributed by atoms with Crippen molar-refractivity contribution in [3.63, 3.8) is 0 Å². The summed E-state index contributed by atoms with van der Waals surface area (Å²) >= 11 is 0. The molecule has 19 heavy (non-hydrogen) atoms. The third-order valence-electron chi connectivity index (χ3n) is 3.20. The van der Waals surface area contributed by atoms with E-state index >= 15 is 0 Å². The molecule has 1 heterocycles. The van der Waals surface area contributed by atoms with Crippen LogP contribution in [0.4, 0.5) is 13.2 Å². The summed E-state index contributed by atoms with van der Waals surface area (Å²) in [5.74, 6) is -0.0752. The van der Waals surface area contributed by atoms with Gasteiger partial charge in [0.2, 0.25) is 5.91 Å². The molecule has 0 spiro atoms. The highest BCUT2D eigenvalue weighted by atomic mass is 19.4. The molecule has 3 nitrogen and oxygen atoms in total. The van der Waals surface area contributed by atoms with E-state index in [0.717, 1.165) is 6.07 Å². The third kappa shape index (κ3) is 3.26. The lowest BCUT2D eigenvalue weighted by atomic mass is 10.00. The summed E-state index contributed by atoms with van der Waals surface area (Å²) in [5, 5.41) is 5.70.